The number of likely N-dealkylation sites (tertiary alicyclic amines) is 1. The van der Waals surface area contributed by atoms with Gasteiger partial charge in [-0.3, -0.25) is 0 Å². The van der Waals surface area contributed by atoms with Crippen molar-refractivity contribution in [1.29, 1.82) is 0 Å². The molecule has 4 heteroatoms. The van der Waals surface area contributed by atoms with E-state index in [9.17, 15) is 0 Å². The number of hydrogen-bond acceptors (Lipinski definition) is 2. The lowest BCUT2D eigenvalue weighted by Gasteiger charge is -2.32. The van der Waals surface area contributed by atoms with Gasteiger partial charge in [-0.15, -0.1) is 0 Å². The quantitative estimate of drug-likeness (QED) is 0.833. The van der Waals surface area contributed by atoms with Crippen LogP contribution in [0.15, 0.2) is 18.2 Å². The molecule has 1 aromatic carbocycles. The molecule has 116 valence electrons. The summed E-state index contributed by atoms with van der Waals surface area (Å²) in [5.41, 5.74) is 3.66. The summed E-state index contributed by atoms with van der Waals surface area (Å²) in [6, 6.07) is 6.78. The van der Waals surface area contributed by atoms with Crippen LogP contribution in [0.3, 0.4) is 0 Å². The van der Waals surface area contributed by atoms with Gasteiger partial charge < -0.3 is 15.5 Å². The third kappa shape index (κ3) is 4.68. The van der Waals surface area contributed by atoms with Crippen LogP contribution >= 0.6 is 12.2 Å². The zero-order valence-electron chi connectivity index (χ0n) is 13.4. The average molecular weight is 305 g/mol. The SMILES string of the molecule is CCCN1CCC(NC(=S)Nc2cccc(C)c2C)CC1. The van der Waals surface area contributed by atoms with Crippen molar-refractivity contribution in [3.8, 4) is 0 Å². The summed E-state index contributed by atoms with van der Waals surface area (Å²) in [6.45, 7) is 10.1. The topological polar surface area (TPSA) is 27.3 Å². The molecule has 3 nitrogen and oxygen atoms in total. The van der Waals surface area contributed by atoms with Gasteiger partial charge in [0, 0.05) is 24.8 Å². The van der Waals surface area contributed by atoms with Gasteiger partial charge in [0.25, 0.3) is 0 Å². The maximum atomic E-state index is 5.46. The number of piperidine rings is 1. The standard InChI is InChI=1S/C17H27N3S/c1-4-10-20-11-8-15(9-12-20)18-17(21)19-16-7-5-6-13(2)14(16)3/h5-7,15H,4,8-12H2,1-3H3,(H2,18,19,21). The van der Waals surface area contributed by atoms with Crippen molar-refractivity contribution in [2.45, 2.75) is 46.1 Å². The van der Waals surface area contributed by atoms with Gasteiger partial charge >= 0.3 is 0 Å². The maximum Gasteiger partial charge on any atom is 0.171 e. The Labute approximate surface area is 134 Å². The highest BCUT2D eigenvalue weighted by molar-refractivity contribution is 7.80. The molecule has 1 saturated heterocycles. The van der Waals surface area contributed by atoms with Crippen molar-refractivity contribution >= 4 is 23.0 Å². The molecular formula is C17H27N3S. The Balaban J connectivity index is 1.81. The molecule has 0 aliphatic carbocycles. The van der Waals surface area contributed by atoms with Crippen LogP contribution in [0.2, 0.25) is 0 Å². The van der Waals surface area contributed by atoms with Gasteiger partial charge in [0.05, 0.1) is 0 Å². The number of thiocarbonyl (C=S) groups is 1. The Morgan fingerprint density at radius 3 is 2.67 bits per heavy atom. The summed E-state index contributed by atoms with van der Waals surface area (Å²) < 4.78 is 0. The molecule has 0 atom stereocenters. The molecule has 21 heavy (non-hydrogen) atoms. The van der Waals surface area contributed by atoms with Crippen LogP contribution in [0.1, 0.15) is 37.3 Å². The van der Waals surface area contributed by atoms with Crippen molar-refractivity contribution < 1.29 is 0 Å². The maximum absolute atomic E-state index is 5.46. The number of rotatable bonds is 4. The zero-order valence-corrected chi connectivity index (χ0v) is 14.2. The van der Waals surface area contributed by atoms with E-state index in [1.54, 1.807) is 0 Å². The fourth-order valence-electron chi connectivity index (χ4n) is 2.85. The lowest BCUT2D eigenvalue weighted by Crippen LogP contribution is -2.46. The van der Waals surface area contributed by atoms with E-state index in [1.165, 1.54) is 50.0 Å². The van der Waals surface area contributed by atoms with E-state index in [1.807, 2.05) is 0 Å². The van der Waals surface area contributed by atoms with E-state index >= 15 is 0 Å². The van der Waals surface area contributed by atoms with Crippen molar-refractivity contribution in [1.82, 2.24) is 10.2 Å². The van der Waals surface area contributed by atoms with E-state index in [4.69, 9.17) is 12.2 Å². The van der Waals surface area contributed by atoms with E-state index in [0.29, 0.717) is 6.04 Å². The van der Waals surface area contributed by atoms with Crippen molar-refractivity contribution in [2.24, 2.45) is 0 Å². The summed E-state index contributed by atoms with van der Waals surface area (Å²) in [6.07, 6.45) is 3.59. The third-order valence-corrected chi connectivity index (χ3v) is 4.54. The first-order valence-corrected chi connectivity index (χ1v) is 8.37. The van der Waals surface area contributed by atoms with Crippen LogP contribution in [-0.2, 0) is 0 Å². The predicted molar refractivity (Wildman–Crippen MR) is 95.0 cm³/mol. The molecule has 0 amide bonds. The van der Waals surface area contributed by atoms with E-state index in [2.05, 4.69) is 54.5 Å². The molecule has 0 unspecified atom stereocenters. The molecule has 1 aliphatic heterocycles. The zero-order chi connectivity index (χ0) is 15.2. The van der Waals surface area contributed by atoms with Crippen molar-refractivity contribution in [2.75, 3.05) is 25.0 Å². The Bertz CT molecular complexity index is 479. The van der Waals surface area contributed by atoms with Gasteiger partial charge in [0.1, 0.15) is 0 Å². The van der Waals surface area contributed by atoms with Crippen LogP contribution in [0.25, 0.3) is 0 Å². The average Bonchev–Trinajstić information content (AvgIpc) is 2.46. The molecule has 0 spiro atoms. The highest BCUT2D eigenvalue weighted by atomic mass is 32.1. The van der Waals surface area contributed by atoms with Gasteiger partial charge in [-0.05, 0) is 69.1 Å². The molecular weight excluding hydrogens is 278 g/mol. The fourth-order valence-corrected chi connectivity index (χ4v) is 3.12. The lowest BCUT2D eigenvalue weighted by molar-refractivity contribution is 0.207. The van der Waals surface area contributed by atoms with Gasteiger partial charge in [-0.25, -0.2) is 0 Å². The highest BCUT2D eigenvalue weighted by Crippen LogP contribution is 2.18. The second-order valence-corrected chi connectivity index (χ2v) is 6.37. The lowest BCUT2D eigenvalue weighted by atomic mass is 10.1. The molecule has 1 aromatic rings. The summed E-state index contributed by atoms with van der Waals surface area (Å²) in [7, 11) is 0. The normalized spacial score (nSPS) is 16.7. The first-order valence-electron chi connectivity index (χ1n) is 7.96. The molecule has 2 N–H and O–H groups in total. The number of aryl methyl sites for hydroxylation is 1. The fraction of sp³-hybridized carbons (Fsp3) is 0.588. The minimum Gasteiger partial charge on any atom is -0.360 e. The summed E-state index contributed by atoms with van der Waals surface area (Å²) in [4.78, 5) is 2.54. The van der Waals surface area contributed by atoms with Crippen LogP contribution in [0.4, 0.5) is 5.69 Å². The first kappa shape index (κ1) is 16.2. The van der Waals surface area contributed by atoms with Crippen molar-refractivity contribution in [3.05, 3.63) is 29.3 Å². The van der Waals surface area contributed by atoms with Crippen LogP contribution < -0.4 is 10.6 Å². The summed E-state index contributed by atoms with van der Waals surface area (Å²) in [5, 5.41) is 7.56. The second-order valence-electron chi connectivity index (χ2n) is 5.96. The van der Waals surface area contributed by atoms with Gasteiger partial charge in [-0.2, -0.15) is 0 Å². The molecule has 0 bridgehead atoms. The summed E-state index contributed by atoms with van der Waals surface area (Å²) in [5.74, 6) is 0. The molecule has 0 radical (unpaired) electrons. The minimum absolute atomic E-state index is 0.503. The van der Waals surface area contributed by atoms with Crippen molar-refractivity contribution in [3.63, 3.8) is 0 Å². The number of hydrogen-bond donors (Lipinski definition) is 2. The highest BCUT2D eigenvalue weighted by Gasteiger charge is 2.19. The van der Waals surface area contributed by atoms with Gasteiger partial charge in [0.2, 0.25) is 0 Å². The smallest absolute Gasteiger partial charge is 0.171 e. The Hall–Kier alpha value is -1.13. The summed E-state index contributed by atoms with van der Waals surface area (Å²) >= 11 is 5.46. The van der Waals surface area contributed by atoms with Crippen LogP contribution in [0.5, 0.6) is 0 Å². The third-order valence-electron chi connectivity index (χ3n) is 4.32. The van der Waals surface area contributed by atoms with Crippen LogP contribution in [-0.4, -0.2) is 35.7 Å². The number of anilines is 1. The first-order chi connectivity index (χ1) is 10.1. The second kappa shape index (κ2) is 7.76. The van der Waals surface area contributed by atoms with Gasteiger partial charge in [-0.1, -0.05) is 19.1 Å². The Morgan fingerprint density at radius 1 is 1.29 bits per heavy atom. The molecule has 2 rings (SSSR count). The molecule has 1 fully saturated rings. The molecule has 1 heterocycles. The number of nitrogens with one attached hydrogen (secondary N) is 2. The molecule has 0 aromatic heterocycles. The van der Waals surface area contributed by atoms with E-state index in [0.717, 1.165) is 10.8 Å². The predicted octanol–water partition coefficient (Wildman–Crippen LogP) is 3.46. The minimum atomic E-state index is 0.503. The molecule has 1 aliphatic rings. The Kier molecular flexibility index (Phi) is 6.00. The Morgan fingerprint density at radius 2 is 2.00 bits per heavy atom. The van der Waals surface area contributed by atoms with E-state index in [-0.39, 0.29) is 0 Å². The van der Waals surface area contributed by atoms with Gasteiger partial charge in [0.15, 0.2) is 5.11 Å². The number of nitrogens with zero attached hydrogens (tertiary/aromatic N) is 1. The van der Waals surface area contributed by atoms with E-state index < -0.39 is 0 Å². The number of benzene rings is 1. The largest absolute Gasteiger partial charge is 0.360 e. The van der Waals surface area contributed by atoms with Crippen LogP contribution in [0, 0.1) is 13.8 Å². The monoisotopic (exact) mass is 305 g/mol. The molecule has 0 saturated carbocycles.